The first kappa shape index (κ1) is 25.3. The van der Waals surface area contributed by atoms with Crippen molar-refractivity contribution in [1.82, 2.24) is 15.1 Å². The average Bonchev–Trinajstić information content (AvgIpc) is 3.33. The standard InChI is InChI=1S/C28H27ClFN3O3/c1-3-4-14-36-26-13-10-19(16-24(26)30)27-21(18-33(32-27)22-8-6-5-7-9-22)17-31-28(34)20-11-12-25(35-2)23(29)15-20/h5-13,15-16,18H,3-4,14,17H2,1-2H3,(H,31,34). The Hall–Kier alpha value is -3.84. The molecule has 1 amide bonds. The Balaban J connectivity index is 1.61. The van der Waals surface area contributed by atoms with Crippen LogP contribution in [0.25, 0.3) is 16.9 Å². The Labute approximate surface area is 214 Å². The molecule has 4 aromatic rings. The topological polar surface area (TPSA) is 65.4 Å². The second-order valence-electron chi connectivity index (χ2n) is 8.16. The number of aromatic nitrogens is 2. The highest BCUT2D eigenvalue weighted by molar-refractivity contribution is 6.32. The molecule has 0 unspecified atom stereocenters. The molecule has 8 heteroatoms. The number of nitrogens with one attached hydrogen (secondary N) is 1. The van der Waals surface area contributed by atoms with E-state index in [2.05, 4.69) is 12.2 Å². The fourth-order valence-electron chi connectivity index (χ4n) is 3.67. The molecule has 0 radical (unpaired) electrons. The number of ether oxygens (including phenoxy) is 2. The number of nitrogens with zero attached hydrogens (tertiary/aromatic N) is 2. The molecule has 1 N–H and O–H groups in total. The van der Waals surface area contributed by atoms with Crippen LogP contribution in [0.2, 0.25) is 5.02 Å². The molecule has 3 aromatic carbocycles. The van der Waals surface area contributed by atoms with Crippen molar-refractivity contribution in [3.05, 3.63) is 94.9 Å². The molecule has 0 bridgehead atoms. The van der Waals surface area contributed by atoms with Gasteiger partial charge in [0.15, 0.2) is 11.6 Å². The first-order chi connectivity index (χ1) is 17.5. The maximum atomic E-state index is 14.8. The summed E-state index contributed by atoms with van der Waals surface area (Å²) < 4.78 is 27.2. The molecule has 1 aromatic heterocycles. The number of hydrogen-bond donors (Lipinski definition) is 1. The van der Waals surface area contributed by atoms with Gasteiger partial charge in [-0.3, -0.25) is 4.79 Å². The Morgan fingerprint density at radius 3 is 2.56 bits per heavy atom. The number of benzene rings is 3. The van der Waals surface area contributed by atoms with Gasteiger partial charge in [0.25, 0.3) is 5.91 Å². The third-order valence-electron chi connectivity index (χ3n) is 5.62. The van der Waals surface area contributed by atoms with E-state index in [-0.39, 0.29) is 18.2 Å². The highest BCUT2D eigenvalue weighted by Gasteiger charge is 2.17. The van der Waals surface area contributed by atoms with E-state index in [4.69, 9.17) is 26.2 Å². The van der Waals surface area contributed by atoms with Gasteiger partial charge in [-0.1, -0.05) is 43.1 Å². The van der Waals surface area contributed by atoms with E-state index in [1.54, 1.807) is 35.0 Å². The Kier molecular flexibility index (Phi) is 8.23. The summed E-state index contributed by atoms with van der Waals surface area (Å²) >= 11 is 6.17. The highest BCUT2D eigenvalue weighted by Crippen LogP contribution is 2.29. The summed E-state index contributed by atoms with van der Waals surface area (Å²) in [5.74, 6) is -0.0609. The molecule has 4 rings (SSSR count). The Morgan fingerprint density at radius 1 is 1.08 bits per heavy atom. The third-order valence-corrected chi connectivity index (χ3v) is 5.92. The first-order valence-electron chi connectivity index (χ1n) is 11.7. The second kappa shape index (κ2) is 11.7. The maximum Gasteiger partial charge on any atom is 0.251 e. The SMILES string of the molecule is CCCCOc1ccc(-c2nn(-c3ccccc3)cc2CNC(=O)c2ccc(OC)c(Cl)c2)cc1F. The molecule has 0 saturated carbocycles. The van der Waals surface area contributed by atoms with Gasteiger partial charge in [-0.25, -0.2) is 9.07 Å². The van der Waals surface area contributed by atoms with Crippen molar-refractivity contribution in [1.29, 1.82) is 0 Å². The number of carbonyl (C=O) groups is 1. The van der Waals surface area contributed by atoms with Gasteiger partial charge in [0.05, 0.1) is 30.1 Å². The minimum Gasteiger partial charge on any atom is -0.495 e. The zero-order valence-electron chi connectivity index (χ0n) is 20.1. The molecule has 0 aliphatic heterocycles. The highest BCUT2D eigenvalue weighted by atomic mass is 35.5. The molecular weight excluding hydrogens is 481 g/mol. The predicted molar refractivity (Wildman–Crippen MR) is 139 cm³/mol. The van der Waals surface area contributed by atoms with Crippen LogP contribution in [-0.2, 0) is 6.54 Å². The number of carbonyl (C=O) groups excluding carboxylic acids is 1. The predicted octanol–water partition coefficient (Wildman–Crippen LogP) is 6.45. The first-order valence-corrected chi connectivity index (χ1v) is 12.1. The summed E-state index contributed by atoms with van der Waals surface area (Å²) in [4.78, 5) is 12.8. The fourth-order valence-corrected chi connectivity index (χ4v) is 3.93. The molecular formula is C28H27ClFN3O3. The molecule has 0 fully saturated rings. The van der Waals surface area contributed by atoms with Gasteiger partial charge in [0.1, 0.15) is 5.75 Å². The summed E-state index contributed by atoms with van der Waals surface area (Å²) in [5, 5.41) is 7.96. The van der Waals surface area contributed by atoms with E-state index in [0.717, 1.165) is 24.1 Å². The maximum absolute atomic E-state index is 14.8. The van der Waals surface area contributed by atoms with E-state index < -0.39 is 5.82 Å². The number of rotatable bonds is 10. The summed E-state index contributed by atoms with van der Waals surface area (Å²) in [5.41, 5.74) is 3.12. The van der Waals surface area contributed by atoms with Crippen molar-refractivity contribution in [3.63, 3.8) is 0 Å². The molecule has 0 spiro atoms. The van der Waals surface area contributed by atoms with Gasteiger partial charge in [0, 0.05) is 29.4 Å². The van der Waals surface area contributed by atoms with Crippen molar-refractivity contribution in [2.75, 3.05) is 13.7 Å². The Bertz CT molecular complexity index is 1340. The normalized spacial score (nSPS) is 10.8. The lowest BCUT2D eigenvalue weighted by molar-refractivity contribution is 0.0951. The minimum atomic E-state index is -0.458. The quantitative estimate of drug-likeness (QED) is 0.250. The number of para-hydroxylation sites is 1. The molecule has 1 heterocycles. The Morgan fingerprint density at radius 2 is 1.86 bits per heavy atom. The third kappa shape index (κ3) is 5.86. The van der Waals surface area contributed by atoms with Gasteiger partial charge in [0.2, 0.25) is 0 Å². The van der Waals surface area contributed by atoms with Crippen LogP contribution >= 0.6 is 11.6 Å². The van der Waals surface area contributed by atoms with Gasteiger partial charge in [-0.05, 0) is 55.0 Å². The molecule has 0 atom stereocenters. The summed E-state index contributed by atoms with van der Waals surface area (Å²) in [6.45, 7) is 2.69. The largest absolute Gasteiger partial charge is 0.495 e. The van der Waals surface area contributed by atoms with Crippen LogP contribution in [-0.4, -0.2) is 29.4 Å². The monoisotopic (exact) mass is 507 g/mol. The number of hydrogen-bond acceptors (Lipinski definition) is 4. The second-order valence-corrected chi connectivity index (χ2v) is 8.57. The molecule has 186 valence electrons. The molecule has 6 nitrogen and oxygen atoms in total. The van der Waals surface area contributed by atoms with E-state index in [9.17, 15) is 9.18 Å². The lowest BCUT2D eigenvalue weighted by Crippen LogP contribution is -2.22. The zero-order valence-corrected chi connectivity index (χ0v) is 20.9. The lowest BCUT2D eigenvalue weighted by atomic mass is 10.1. The number of unbranched alkanes of at least 4 members (excludes halogenated alkanes) is 1. The van der Waals surface area contributed by atoms with Gasteiger partial charge >= 0.3 is 0 Å². The van der Waals surface area contributed by atoms with Crippen molar-refractivity contribution >= 4 is 17.5 Å². The smallest absolute Gasteiger partial charge is 0.251 e. The van der Waals surface area contributed by atoms with Crippen LogP contribution in [0.15, 0.2) is 72.9 Å². The van der Waals surface area contributed by atoms with Crippen molar-refractivity contribution in [2.45, 2.75) is 26.3 Å². The average molecular weight is 508 g/mol. The van der Waals surface area contributed by atoms with Gasteiger partial charge in [-0.15, -0.1) is 0 Å². The fraction of sp³-hybridized carbons (Fsp3) is 0.214. The molecule has 0 aliphatic rings. The van der Waals surface area contributed by atoms with Crippen molar-refractivity contribution < 1.29 is 18.7 Å². The van der Waals surface area contributed by atoms with E-state index in [1.165, 1.54) is 13.2 Å². The summed E-state index contributed by atoms with van der Waals surface area (Å²) in [6.07, 6.45) is 3.65. The van der Waals surface area contributed by atoms with E-state index in [1.807, 2.05) is 36.5 Å². The van der Waals surface area contributed by atoms with Crippen LogP contribution in [0, 0.1) is 5.82 Å². The van der Waals surface area contributed by atoms with E-state index in [0.29, 0.717) is 34.2 Å². The number of halogens is 2. The van der Waals surface area contributed by atoms with Crippen LogP contribution in [0.3, 0.4) is 0 Å². The number of methoxy groups -OCH3 is 1. The van der Waals surface area contributed by atoms with Crippen molar-refractivity contribution in [3.8, 4) is 28.4 Å². The lowest BCUT2D eigenvalue weighted by Gasteiger charge is -2.09. The molecule has 36 heavy (non-hydrogen) atoms. The van der Waals surface area contributed by atoms with Gasteiger partial charge in [-0.2, -0.15) is 5.10 Å². The number of amides is 1. The molecule has 0 saturated heterocycles. The van der Waals surface area contributed by atoms with Crippen LogP contribution in [0.5, 0.6) is 11.5 Å². The molecule has 0 aliphatic carbocycles. The van der Waals surface area contributed by atoms with Crippen LogP contribution < -0.4 is 14.8 Å². The van der Waals surface area contributed by atoms with Crippen LogP contribution in [0.1, 0.15) is 35.7 Å². The van der Waals surface area contributed by atoms with Gasteiger partial charge < -0.3 is 14.8 Å². The summed E-state index contributed by atoms with van der Waals surface area (Å²) in [7, 11) is 1.51. The zero-order chi connectivity index (χ0) is 25.5. The van der Waals surface area contributed by atoms with E-state index >= 15 is 0 Å². The van der Waals surface area contributed by atoms with Crippen molar-refractivity contribution in [2.24, 2.45) is 0 Å². The van der Waals surface area contributed by atoms with Crippen LogP contribution in [0.4, 0.5) is 4.39 Å². The summed E-state index contributed by atoms with van der Waals surface area (Å²) in [6, 6.07) is 19.2. The minimum absolute atomic E-state index is 0.182.